The maximum absolute atomic E-state index is 14.0. The van der Waals surface area contributed by atoms with Crippen molar-refractivity contribution in [1.82, 2.24) is 15.5 Å². The van der Waals surface area contributed by atoms with Crippen LogP contribution in [-0.2, 0) is 6.42 Å². The predicted molar refractivity (Wildman–Crippen MR) is 76.2 cm³/mol. The molecule has 1 aromatic heterocycles. The average Bonchev–Trinajstić information content (AvgIpc) is 2.47. The van der Waals surface area contributed by atoms with Crippen LogP contribution >= 0.6 is 15.9 Å². The van der Waals surface area contributed by atoms with Crippen LogP contribution in [0, 0.1) is 11.6 Å². The molecule has 0 saturated carbocycles. The highest BCUT2D eigenvalue weighted by molar-refractivity contribution is 9.10. The monoisotopic (exact) mass is 341 g/mol. The number of nitrogens with zero attached hydrogens (tertiary/aromatic N) is 2. The summed E-state index contributed by atoms with van der Waals surface area (Å²) in [6, 6.07) is 4.20. The van der Waals surface area contributed by atoms with Crippen LogP contribution in [0.15, 0.2) is 35.1 Å². The molecular formula is C14H14BrF2N3. The topological polar surface area (TPSA) is 37.8 Å². The van der Waals surface area contributed by atoms with Crippen molar-refractivity contribution in [3.63, 3.8) is 0 Å². The van der Waals surface area contributed by atoms with E-state index in [2.05, 4.69) is 31.4 Å². The molecule has 0 spiro atoms. The van der Waals surface area contributed by atoms with Crippen molar-refractivity contribution in [3.8, 4) is 0 Å². The molecule has 1 heterocycles. The Kier molecular flexibility index (Phi) is 5.14. The minimum Gasteiger partial charge on any atom is -0.310 e. The number of halogens is 3. The molecule has 0 aliphatic carbocycles. The summed E-state index contributed by atoms with van der Waals surface area (Å²) >= 11 is 3.08. The van der Waals surface area contributed by atoms with Crippen LogP contribution < -0.4 is 5.32 Å². The van der Waals surface area contributed by atoms with Gasteiger partial charge in [-0.15, -0.1) is 0 Å². The number of hydrogen-bond donors (Lipinski definition) is 1. The summed E-state index contributed by atoms with van der Waals surface area (Å²) in [5.74, 6) is -1.11. The maximum atomic E-state index is 14.0. The summed E-state index contributed by atoms with van der Waals surface area (Å²) in [6.45, 7) is 2.62. The summed E-state index contributed by atoms with van der Waals surface area (Å²) in [4.78, 5) is 0. The largest absolute Gasteiger partial charge is 0.310 e. The number of nitrogens with one attached hydrogen (secondary N) is 1. The molecule has 106 valence electrons. The first-order valence-corrected chi connectivity index (χ1v) is 7.05. The van der Waals surface area contributed by atoms with Crippen LogP contribution in [0.2, 0.25) is 0 Å². The van der Waals surface area contributed by atoms with E-state index in [1.165, 1.54) is 12.1 Å². The SMILES string of the molecule is CCNC(Cc1c(F)ccc(Br)c1F)c1ccnnc1. The maximum Gasteiger partial charge on any atom is 0.143 e. The third-order valence-electron chi connectivity index (χ3n) is 3.01. The molecule has 0 bridgehead atoms. The first kappa shape index (κ1) is 15.0. The summed E-state index contributed by atoms with van der Waals surface area (Å²) in [5, 5.41) is 10.7. The van der Waals surface area contributed by atoms with Gasteiger partial charge in [0.25, 0.3) is 0 Å². The van der Waals surface area contributed by atoms with Crippen molar-refractivity contribution >= 4 is 15.9 Å². The van der Waals surface area contributed by atoms with Gasteiger partial charge in [0.15, 0.2) is 0 Å². The van der Waals surface area contributed by atoms with Gasteiger partial charge in [-0.05, 0) is 52.7 Å². The molecule has 1 N–H and O–H groups in total. The van der Waals surface area contributed by atoms with Gasteiger partial charge >= 0.3 is 0 Å². The predicted octanol–water partition coefficient (Wildman–Crippen LogP) is 3.41. The molecule has 0 aliphatic heterocycles. The lowest BCUT2D eigenvalue weighted by Crippen LogP contribution is -2.24. The van der Waals surface area contributed by atoms with Crippen molar-refractivity contribution in [2.45, 2.75) is 19.4 Å². The third-order valence-corrected chi connectivity index (χ3v) is 3.62. The Balaban J connectivity index is 2.32. The Morgan fingerprint density at radius 2 is 2.05 bits per heavy atom. The molecule has 20 heavy (non-hydrogen) atoms. The molecule has 6 heteroatoms. The van der Waals surface area contributed by atoms with Crippen molar-refractivity contribution in [2.75, 3.05) is 6.54 Å². The minimum absolute atomic E-state index is 0.0575. The molecule has 1 atom stereocenters. The highest BCUT2D eigenvalue weighted by Crippen LogP contribution is 2.26. The van der Waals surface area contributed by atoms with E-state index in [1.807, 2.05) is 6.92 Å². The third kappa shape index (κ3) is 3.37. The Morgan fingerprint density at radius 3 is 2.70 bits per heavy atom. The van der Waals surface area contributed by atoms with E-state index in [9.17, 15) is 8.78 Å². The first-order chi connectivity index (χ1) is 9.63. The second-order valence-electron chi connectivity index (χ2n) is 4.31. The van der Waals surface area contributed by atoms with Crippen LogP contribution in [0.4, 0.5) is 8.78 Å². The number of likely N-dealkylation sites (N-methyl/N-ethyl adjacent to an activating group) is 1. The Morgan fingerprint density at radius 1 is 1.25 bits per heavy atom. The average molecular weight is 342 g/mol. The first-order valence-electron chi connectivity index (χ1n) is 6.25. The van der Waals surface area contributed by atoms with Crippen LogP contribution in [0.25, 0.3) is 0 Å². The molecular weight excluding hydrogens is 328 g/mol. The zero-order valence-electron chi connectivity index (χ0n) is 10.9. The molecule has 0 saturated heterocycles. The van der Waals surface area contributed by atoms with Gasteiger partial charge in [0.2, 0.25) is 0 Å². The van der Waals surface area contributed by atoms with Crippen molar-refractivity contribution < 1.29 is 8.78 Å². The lowest BCUT2D eigenvalue weighted by Gasteiger charge is -2.18. The molecule has 3 nitrogen and oxygen atoms in total. The fourth-order valence-corrected chi connectivity index (χ4v) is 2.39. The van der Waals surface area contributed by atoms with Gasteiger partial charge in [-0.25, -0.2) is 8.78 Å². The number of rotatable bonds is 5. The van der Waals surface area contributed by atoms with Gasteiger partial charge in [0, 0.05) is 17.8 Å². The van der Waals surface area contributed by atoms with Gasteiger partial charge in [-0.2, -0.15) is 10.2 Å². The molecule has 0 radical (unpaired) electrons. The van der Waals surface area contributed by atoms with Crippen LogP contribution in [0.1, 0.15) is 24.1 Å². The van der Waals surface area contributed by atoms with Gasteiger partial charge < -0.3 is 5.32 Å². The lowest BCUT2D eigenvalue weighted by atomic mass is 9.99. The fourth-order valence-electron chi connectivity index (χ4n) is 2.02. The standard InChI is InChI=1S/C14H14BrF2N3/c1-2-18-13(9-5-6-19-20-8-9)7-10-12(16)4-3-11(15)14(10)17/h3-6,8,13,18H,2,7H2,1H3. The van der Waals surface area contributed by atoms with Gasteiger partial charge in [-0.3, -0.25) is 0 Å². The number of benzene rings is 1. The van der Waals surface area contributed by atoms with Crippen LogP contribution in [-0.4, -0.2) is 16.7 Å². The highest BCUT2D eigenvalue weighted by atomic mass is 79.9. The van der Waals surface area contributed by atoms with E-state index in [4.69, 9.17) is 0 Å². The quantitative estimate of drug-likeness (QED) is 0.847. The van der Waals surface area contributed by atoms with Crippen molar-refractivity contribution in [3.05, 3.63) is 57.8 Å². The molecule has 0 aliphatic rings. The fraction of sp³-hybridized carbons (Fsp3) is 0.286. The zero-order chi connectivity index (χ0) is 14.5. The van der Waals surface area contributed by atoms with E-state index in [-0.39, 0.29) is 22.5 Å². The van der Waals surface area contributed by atoms with E-state index in [0.717, 1.165) is 5.56 Å². The van der Waals surface area contributed by atoms with Gasteiger partial charge in [0.05, 0.1) is 10.7 Å². The second-order valence-corrected chi connectivity index (χ2v) is 5.17. The Bertz CT molecular complexity index is 578. The van der Waals surface area contributed by atoms with Crippen molar-refractivity contribution in [2.24, 2.45) is 0 Å². The van der Waals surface area contributed by atoms with E-state index >= 15 is 0 Å². The van der Waals surface area contributed by atoms with E-state index in [0.29, 0.717) is 6.54 Å². The van der Waals surface area contributed by atoms with Crippen LogP contribution in [0.3, 0.4) is 0 Å². The summed E-state index contributed by atoms with van der Waals surface area (Å²) in [5.41, 5.74) is 0.905. The molecule has 2 rings (SSSR count). The summed E-state index contributed by atoms with van der Waals surface area (Å²) < 4.78 is 28.1. The Hall–Kier alpha value is -1.40. The Labute approximate surface area is 124 Å². The van der Waals surface area contributed by atoms with E-state index < -0.39 is 11.6 Å². The molecule has 0 fully saturated rings. The number of hydrogen-bond acceptors (Lipinski definition) is 3. The smallest absolute Gasteiger partial charge is 0.143 e. The molecule has 2 aromatic rings. The summed E-state index contributed by atoms with van der Waals surface area (Å²) in [7, 11) is 0. The minimum atomic E-state index is -0.560. The normalized spacial score (nSPS) is 12.4. The number of aromatic nitrogens is 2. The van der Waals surface area contributed by atoms with E-state index in [1.54, 1.807) is 18.5 Å². The zero-order valence-corrected chi connectivity index (χ0v) is 12.5. The molecule has 0 amide bonds. The summed E-state index contributed by atoms with van der Waals surface area (Å²) in [6.07, 6.45) is 3.37. The van der Waals surface area contributed by atoms with Gasteiger partial charge in [0.1, 0.15) is 11.6 Å². The van der Waals surface area contributed by atoms with Crippen LogP contribution in [0.5, 0.6) is 0 Å². The molecule has 1 aromatic carbocycles. The second kappa shape index (κ2) is 6.85. The lowest BCUT2D eigenvalue weighted by molar-refractivity contribution is 0.496. The highest BCUT2D eigenvalue weighted by Gasteiger charge is 2.18. The van der Waals surface area contributed by atoms with Crippen molar-refractivity contribution in [1.29, 1.82) is 0 Å². The molecule has 1 unspecified atom stereocenters. The van der Waals surface area contributed by atoms with Gasteiger partial charge in [-0.1, -0.05) is 6.92 Å².